The molecule has 0 heterocycles. The number of aliphatic hydroxyl groups is 7. The van der Waals surface area contributed by atoms with Crippen molar-refractivity contribution in [3.63, 3.8) is 0 Å². The Balaban J connectivity index is 2.72. The van der Waals surface area contributed by atoms with Crippen LogP contribution in [0.4, 0.5) is 171 Å². The molecule has 0 amide bonds. The van der Waals surface area contributed by atoms with E-state index in [9.17, 15) is 207 Å². The monoisotopic (exact) mass is 1580 g/mol. The zero-order valence-electron chi connectivity index (χ0n) is 49.4. The smallest absolute Gasteiger partial charge is 0.376 e. The average Bonchev–Trinajstić information content (AvgIpc) is 0.707. The van der Waals surface area contributed by atoms with E-state index in [1.165, 1.54) is 0 Å². The van der Waals surface area contributed by atoms with Crippen LogP contribution in [0.1, 0.15) is 90.8 Å². The van der Waals surface area contributed by atoms with Crippen molar-refractivity contribution in [1.82, 2.24) is 0 Å². The summed E-state index contributed by atoms with van der Waals surface area (Å²) < 4.78 is 553. The molecule has 0 aliphatic heterocycles. The van der Waals surface area contributed by atoms with E-state index in [1.807, 2.05) is 0 Å². The molecule has 0 spiro atoms. The van der Waals surface area contributed by atoms with Gasteiger partial charge >= 0.3 is 80.3 Å². The first kappa shape index (κ1) is 89.8. The van der Waals surface area contributed by atoms with Gasteiger partial charge in [0.1, 0.15) is 0 Å². The molecule has 3 rings (SSSR count). The van der Waals surface area contributed by atoms with E-state index in [0.717, 1.165) is 0 Å². The Morgan fingerprint density at radius 3 is 0.861 bits per heavy atom. The molecule has 47 heteroatoms. The SMILES string of the molecule is CC(O)(c1cc(CC[Si](CCC/C=C/CC(O)(C(F)(F)F)C(F)(F)F)(CCC/C=C/CC(O)(C(F)(F)F)C(F)(F)F)CCCc2cc(C(O)(C(F)(F)F)C(F)(F)F)cc(C(O)(C(F)(F)F)C(F)(F)F)c2)cc2c(C(O)(C(F)(F)F)C(F)(F)F)cc(C(O)(C(F)(F)F)C(F)(F)F)cc12)C(F)(F)F. The Kier molecular flexibility index (Phi) is 25.0. The van der Waals surface area contributed by atoms with Gasteiger partial charge in [0.25, 0.3) is 33.6 Å². The largest absolute Gasteiger partial charge is 0.430 e. The summed E-state index contributed by atoms with van der Waals surface area (Å²) in [6, 6.07) is -9.95. The molecule has 101 heavy (non-hydrogen) atoms. The normalized spacial score (nSPS) is 16.2. The van der Waals surface area contributed by atoms with E-state index in [1.54, 1.807) is 0 Å². The second-order valence-electron chi connectivity index (χ2n) is 23.3. The minimum atomic E-state index is -7.54. The number of alkyl halides is 39. The molecule has 7 N–H and O–H groups in total. The quantitative estimate of drug-likeness (QED) is 0.0205. The summed E-state index contributed by atoms with van der Waals surface area (Å²) in [6.45, 7) is -0.555. The summed E-state index contributed by atoms with van der Waals surface area (Å²) >= 11 is 0. The first-order valence-corrected chi connectivity index (χ1v) is 30.2. The van der Waals surface area contributed by atoms with Crippen molar-refractivity contribution in [2.75, 3.05) is 0 Å². The first-order valence-electron chi connectivity index (χ1n) is 27.4. The average molecular weight is 1580 g/mol. The molecule has 0 bridgehead atoms. The third-order valence-corrected chi connectivity index (χ3v) is 22.0. The number of hydrogen-bond donors (Lipinski definition) is 7. The van der Waals surface area contributed by atoms with E-state index >= 15 is 0 Å². The highest BCUT2D eigenvalue weighted by Gasteiger charge is 2.77. The molecule has 3 aromatic rings. The van der Waals surface area contributed by atoms with Crippen molar-refractivity contribution in [2.45, 2.75) is 208 Å². The highest BCUT2D eigenvalue weighted by molar-refractivity contribution is 6.79. The van der Waals surface area contributed by atoms with Crippen LogP contribution in [0.2, 0.25) is 24.2 Å². The molecule has 0 aliphatic carbocycles. The molecular formula is C54H47F39O7Si. The maximum absolute atomic E-state index is 14.9. The number of unbranched alkanes of at least 4 members (excludes halogenated alkanes) is 2. The van der Waals surface area contributed by atoms with Crippen molar-refractivity contribution in [2.24, 2.45) is 0 Å². The van der Waals surface area contributed by atoms with Crippen LogP contribution in [0.3, 0.4) is 0 Å². The molecule has 0 radical (unpaired) electrons. The number of benzene rings is 3. The molecule has 0 aliphatic rings. The van der Waals surface area contributed by atoms with E-state index < -0.39 is 297 Å². The maximum atomic E-state index is 14.9. The topological polar surface area (TPSA) is 142 Å². The molecule has 0 fully saturated rings. The van der Waals surface area contributed by atoms with Gasteiger partial charge in [-0.3, -0.25) is 0 Å². The van der Waals surface area contributed by atoms with Gasteiger partial charge in [-0.15, -0.1) is 0 Å². The molecule has 1 unspecified atom stereocenters. The van der Waals surface area contributed by atoms with Crippen LogP contribution in [-0.2, 0) is 40.8 Å². The van der Waals surface area contributed by atoms with Gasteiger partial charge < -0.3 is 35.7 Å². The Labute approximate surface area is 539 Å². The Morgan fingerprint density at radius 1 is 0.277 bits per heavy atom. The van der Waals surface area contributed by atoms with Crippen LogP contribution < -0.4 is 0 Å². The summed E-state index contributed by atoms with van der Waals surface area (Å²) in [5, 5.41) is 66.4. The molecule has 1 atom stereocenters. The van der Waals surface area contributed by atoms with Gasteiger partial charge in [-0.1, -0.05) is 92.0 Å². The lowest BCUT2D eigenvalue weighted by molar-refractivity contribution is -0.379. The fourth-order valence-electron chi connectivity index (χ4n) is 10.5. The van der Waals surface area contributed by atoms with E-state index in [-0.39, 0.29) is 24.3 Å². The molecule has 0 saturated heterocycles. The summed E-state index contributed by atoms with van der Waals surface area (Å²) in [4.78, 5) is 0. The predicted molar refractivity (Wildman–Crippen MR) is 267 cm³/mol. The number of aryl methyl sites for hydroxylation is 2. The third-order valence-electron chi connectivity index (χ3n) is 16.4. The van der Waals surface area contributed by atoms with Gasteiger partial charge in [-0.2, -0.15) is 171 Å². The standard InChI is InChI=1S/C54H47F39O7Si/c1-35(94,42(55,56)57)33-22-27(21-31-32(33)24-30(40(99,51(82,83)84)52(85,86)87)25-34(31)41(100,53(88,89)90)54(91,92)93)12-18-101(15-8-4-2-6-13-36(95,43(58,59)60)44(61,62)63,16-9-5-3-7-14-37(96,45(64,65)66)46(67,68)69)17-10-11-26-19-28(38(97,47(70,71)72)48(73,74)75)23-29(20-26)39(98,49(76,77)78)50(79,80)81/h2-3,6-7,19-25,94-100H,4-5,8-18H2,1H3/b6-2+,7-3+. The van der Waals surface area contributed by atoms with Crippen molar-refractivity contribution >= 4 is 18.8 Å². The zero-order chi connectivity index (χ0) is 79.7. The van der Waals surface area contributed by atoms with E-state index in [0.29, 0.717) is 12.2 Å². The number of fused-ring (bicyclic) bond motifs is 1. The van der Waals surface area contributed by atoms with Crippen LogP contribution in [0.5, 0.6) is 0 Å². The summed E-state index contributed by atoms with van der Waals surface area (Å²) in [6.07, 6.45) is -104. The molecule has 0 saturated carbocycles. The summed E-state index contributed by atoms with van der Waals surface area (Å²) in [5.41, 5.74) is -61.4. The zero-order valence-corrected chi connectivity index (χ0v) is 50.4. The van der Waals surface area contributed by atoms with Crippen LogP contribution in [0, 0.1) is 0 Å². The number of halogens is 39. The molecular weight excluding hydrogens is 1530 g/mol. The third kappa shape index (κ3) is 17.3. The van der Waals surface area contributed by atoms with Crippen molar-refractivity contribution in [3.8, 4) is 0 Å². The lowest BCUT2D eigenvalue weighted by Gasteiger charge is -2.38. The molecule has 582 valence electrons. The highest BCUT2D eigenvalue weighted by Crippen LogP contribution is 2.59. The van der Waals surface area contributed by atoms with Crippen LogP contribution in [-0.4, -0.2) is 135 Å². The lowest BCUT2D eigenvalue weighted by Crippen LogP contribution is -2.56. The van der Waals surface area contributed by atoms with Crippen LogP contribution >= 0.6 is 0 Å². The van der Waals surface area contributed by atoms with Gasteiger partial charge in [-0.25, -0.2) is 0 Å². The number of hydrogen-bond acceptors (Lipinski definition) is 7. The Morgan fingerprint density at radius 2 is 0.564 bits per heavy atom. The highest BCUT2D eigenvalue weighted by atomic mass is 28.3. The number of allylic oxidation sites excluding steroid dienone is 2. The fourth-order valence-corrected chi connectivity index (χ4v) is 15.6. The minimum absolute atomic E-state index is 0.0612. The van der Waals surface area contributed by atoms with Gasteiger partial charge in [0, 0.05) is 40.7 Å². The molecule has 7 nitrogen and oxygen atoms in total. The van der Waals surface area contributed by atoms with Crippen molar-refractivity contribution in [1.29, 1.82) is 0 Å². The second kappa shape index (κ2) is 28.1. The maximum Gasteiger partial charge on any atom is 0.430 e. The van der Waals surface area contributed by atoms with Crippen molar-refractivity contribution in [3.05, 3.63) is 106 Å². The van der Waals surface area contributed by atoms with Gasteiger partial charge in [0.05, 0.1) is 8.07 Å². The van der Waals surface area contributed by atoms with Gasteiger partial charge in [-0.05, 0) is 72.7 Å². The van der Waals surface area contributed by atoms with Crippen LogP contribution in [0.25, 0.3) is 10.8 Å². The fraction of sp³-hybridized carbons (Fsp3) is 0.630. The van der Waals surface area contributed by atoms with Gasteiger partial charge in [0.15, 0.2) is 5.60 Å². The first-order chi connectivity index (χ1) is 44.3. The summed E-state index contributed by atoms with van der Waals surface area (Å²) in [7, 11) is -4.70. The minimum Gasteiger partial charge on any atom is -0.376 e. The van der Waals surface area contributed by atoms with Crippen LogP contribution in [0.15, 0.2) is 66.8 Å². The molecule has 3 aromatic carbocycles. The predicted octanol–water partition coefficient (Wildman–Crippen LogP) is 18.6. The van der Waals surface area contributed by atoms with E-state index in [2.05, 4.69) is 0 Å². The Bertz CT molecular complexity index is 3180. The number of rotatable bonds is 24. The second-order valence-corrected chi connectivity index (χ2v) is 28.3. The Hall–Kier alpha value is -5.39. The summed E-state index contributed by atoms with van der Waals surface area (Å²) in [5.74, 6) is 0. The van der Waals surface area contributed by atoms with Crippen molar-refractivity contribution < 1.29 is 207 Å². The van der Waals surface area contributed by atoms with Gasteiger partial charge in [0.2, 0.25) is 0 Å². The van der Waals surface area contributed by atoms with E-state index in [4.69, 9.17) is 0 Å². The lowest BCUT2D eigenvalue weighted by atomic mass is 9.78. The molecule has 0 aromatic heterocycles.